The number of aryl methyl sites for hydroxylation is 2. The number of nitrogens with zero attached hydrogens (tertiary/aromatic N) is 1. The van der Waals surface area contributed by atoms with Crippen molar-refractivity contribution in [2.75, 3.05) is 11.1 Å². The van der Waals surface area contributed by atoms with Gasteiger partial charge in [0.1, 0.15) is 4.83 Å². The van der Waals surface area contributed by atoms with Crippen molar-refractivity contribution in [1.82, 2.24) is 9.97 Å². The predicted octanol–water partition coefficient (Wildman–Crippen LogP) is 5.65. The third kappa shape index (κ3) is 4.28. The first-order valence-electron chi connectivity index (χ1n) is 9.20. The molecule has 1 amide bonds. The molecular weight excluding hydrogens is 438 g/mol. The Kier molecular flexibility index (Phi) is 5.94. The minimum Gasteiger partial charge on any atom is -0.325 e. The minimum atomic E-state index is -0.195. The van der Waals surface area contributed by atoms with Gasteiger partial charge in [-0.2, -0.15) is 0 Å². The van der Waals surface area contributed by atoms with Crippen LogP contribution in [0.4, 0.5) is 5.69 Å². The Bertz CT molecular complexity index is 1300. The van der Waals surface area contributed by atoms with Crippen LogP contribution in [0.15, 0.2) is 58.5 Å². The third-order valence-corrected chi connectivity index (χ3v) is 6.69. The molecule has 2 N–H and O–H groups in total. The summed E-state index contributed by atoms with van der Waals surface area (Å²) in [4.78, 5) is 34.2. The number of thiophene rings is 1. The SMILES string of the molecule is Cc1cc(Cl)ccc1NC(=O)CSc1nc2sc(C)c(-c3ccccc3)c2c(=O)[nH]1. The number of anilines is 1. The number of aromatic nitrogens is 2. The van der Waals surface area contributed by atoms with Crippen LogP contribution >= 0.6 is 34.7 Å². The fourth-order valence-electron chi connectivity index (χ4n) is 3.21. The van der Waals surface area contributed by atoms with Crippen molar-refractivity contribution in [2.45, 2.75) is 19.0 Å². The van der Waals surface area contributed by atoms with E-state index in [9.17, 15) is 9.59 Å². The highest BCUT2D eigenvalue weighted by Gasteiger charge is 2.17. The Morgan fingerprint density at radius 3 is 2.70 bits per heavy atom. The number of aromatic amines is 1. The average Bonchev–Trinajstić information content (AvgIpc) is 3.05. The van der Waals surface area contributed by atoms with E-state index in [1.807, 2.05) is 44.2 Å². The van der Waals surface area contributed by atoms with Crippen LogP contribution in [0.5, 0.6) is 0 Å². The van der Waals surface area contributed by atoms with Crippen molar-refractivity contribution in [3.8, 4) is 11.1 Å². The maximum absolute atomic E-state index is 12.8. The maximum atomic E-state index is 12.8. The van der Waals surface area contributed by atoms with Gasteiger partial charge < -0.3 is 10.3 Å². The third-order valence-electron chi connectivity index (χ3n) is 4.58. The number of carbonyl (C=O) groups excluding carboxylic acids is 1. The van der Waals surface area contributed by atoms with Crippen LogP contribution < -0.4 is 10.9 Å². The number of amides is 1. The van der Waals surface area contributed by atoms with Crippen molar-refractivity contribution >= 4 is 56.5 Å². The second-order valence-corrected chi connectivity index (χ2v) is 9.35. The zero-order valence-electron chi connectivity index (χ0n) is 16.3. The molecule has 4 aromatic rings. The molecule has 0 unspecified atom stereocenters. The van der Waals surface area contributed by atoms with Crippen molar-refractivity contribution in [3.05, 3.63) is 74.3 Å². The number of nitrogens with one attached hydrogen (secondary N) is 2. The lowest BCUT2D eigenvalue weighted by Crippen LogP contribution is -2.16. The van der Waals surface area contributed by atoms with Gasteiger partial charge in [0.15, 0.2) is 5.16 Å². The molecule has 4 rings (SSSR count). The van der Waals surface area contributed by atoms with E-state index in [0.29, 0.717) is 26.1 Å². The van der Waals surface area contributed by atoms with Gasteiger partial charge in [-0.1, -0.05) is 53.7 Å². The second-order valence-electron chi connectivity index (χ2n) is 6.75. The number of thioether (sulfide) groups is 1. The Morgan fingerprint density at radius 2 is 1.97 bits per heavy atom. The number of hydrogen-bond donors (Lipinski definition) is 2. The molecule has 2 aromatic carbocycles. The van der Waals surface area contributed by atoms with E-state index >= 15 is 0 Å². The van der Waals surface area contributed by atoms with E-state index in [1.165, 1.54) is 23.1 Å². The lowest BCUT2D eigenvalue weighted by molar-refractivity contribution is -0.113. The van der Waals surface area contributed by atoms with Gasteiger partial charge in [-0.3, -0.25) is 9.59 Å². The molecule has 0 bridgehead atoms. The molecule has 0 aliphatic heterocycles. The van der Waals surface area contributed by atoms with Crippen LogP contribution in [0.3, 0.4) is 0 Å². The molecule has 0 fully saturated rings. The van der Waals surface area contributed by atoms with Gasteiger partial charge in [0.25, 0.3) is 5.56 Å². The Balaban J connectivity index is 1.54. The fraction of sp³-hybridized carbons (Fsp3) is 0.136. The van der Waals surface area contributed by atoms with Crippen molar-refractivity contribution in [1.29, 1.82) is 0 Å². The Hall–Kier alpha value is -2.61. The summed E-state index contributed by atoms with van der Waals surface area (Å²) in [5.74, 6) is -0.0487. The molecule has 0 aliphatic carbocycles. The van der Waals surface area contributed by atoms with Crippen LogP contribution in [0, 0.1) is 13.8 Å². The van der Waals surface area contributed by atoms with Crippen molar-refractivity contribution in [2.24, 2.45) is 0 Å². The largest absolute Gasteiger partial charge is 0.325 e. The van der Waals surface area contributed by atoms with Crippen LogP contribution in [-0.2, 0) is 4.79 Å². The molecule has 0 atom stereocenters. The predicted molar refractivity (Wildman–Crippen MR) is 126 cm³/mol. The average molecular weight is 456 g/mol. The monoisotopic (exact) mass is 455 g/mol. The van der Waals surface area contributed by atoms with E-state index in [0.717, 1.165) is 21.6 Å². The fourth-order valence-corrected chi connectivity index (χ4v) is 5.20. The van der Waals surface area contributed by atoms with E-state index in [4.69, 9.17) is 11.6 Å². The summed E-state index contributed by atoms with van der Waals surface area (Å²) in [6, 6.07) is 15.1. The zero-order chi connectivity index (χ0) is 21.3. The van der Waals surface area contributed by atoms with Gasteiger partial charge in [-0.05, 0) is 43.2 Å². The summed E-state index contributed by atoms with van der Waals surface area (Å²) in [6.07, 6.45) is 0. The highest BCUT2D eigenvalue weighted by molar-refractivity contribution is 7.99. The minimum absolute atomic E-state index is 0.131. The molecule has 0 spiro atoms. The molecule has 5 nitrogen and oxygen atoms in total. The quantitative estimate of drug-likeness (QED) is 0.301. The molecule has 0 saturated carbocycles. The smallest absolute Gasteiger partial charge is 0.260 e. The van der Waals surface area contributed by atoms with E-state index < -0.39 is 0 Å². The maximum Gasteiger partial charge on any atom is 0.260 e. The van der Waals surface area contributed by atoms with Crippen molar-refractivity contribution < 1.29 is 4.79 Å². The van der Waals surface area contributed by atoms with Crippen LogP contribution in [0.25, 0.3) is 21.3 Å². The molecule has 0 saturated heterocycles. The van der Waals surface area contributed by atoms with Crippen LogP contribution in [-0.4, -0.2) is 21.6 Å². The van der Waals surface area contributed by atoms with Gasteiger partial charge in [-0.25, -0.2) is 4.98 Å². The topological polar surface area (TPSA) is 74.8 Å². The molecule has 0 radical (unpaired) electrons. The first-order valence-corrected chi connectivity index (χ1v) is 11.4. The van der Waals surface area contributed by atoms with Gasteiger partial charge in [-0.15, -0.1) is 11.3 Å². The molecule has 152 valence electrons. The number of benzene rings is 2. The summed E-state index contributed by atoms with van der Waals surface area (Å²) in [6.45, 7) is 3.87. The Morgan fingerprint density at radius 1 is 1.20 bits per heavy atom. The number of H-pyrrole nitrogens is 1. The van der Waals surface area contributed by atoms with Gasteiger partial charge in [0.2, 0.25) is 5.91 Å². The van der Waals surface area contributed by atoms with Gasteiger partial charge in [0.05, 0.1) is 11.1 Å². The molecule has 2 aromatic heterocycles. The number of fused-ring (bicyclic) bond motifs is 1. The highest BCUT2D eigenvalue weighted by atomic mass is 35.5. The number of carbonyl (C=O) groups is 1. The first kappa shape index (κ1) is 20.7. The number of halogens is 1. The second kappa shape index (κ2) is 8.63. The van der Waals surface area contributed by atoms with Gasteiger partial charge >= 0.3 is 0 Å². The summed E-state index contributed by atoms with van der Waals surface area (Å²) in [7, 11) is 0. The summed E-state index contributed by atoms with van der Waals surface area (Å²) in [5, 5.41) is 4.50. The van der Waals surface area contributed by atoms with Gasteiger partial charge in [0, 0.05) is 21.2 Å². The first-order chi connectivity index (χ1) is 14.4. The zero-order valence-corrected chi connectivity index (χ0v) is 18.7. The standard InChI is InChI=1S/C22H18ClN3O2S2/c1-12-10-15(23)8-9-16(12)24-17(27)11-29-22-25-20(28)19-18(13(2)30-21(19)26-22)14-6-4-3-5-7-14/h3-10H,11H2,1-2H3,(H,24,27)(H,25,26,28). The lowest BCUT2D eigenvalue weighted by atomic mass is 10.0. The summed E-state index contributed by atoms with van der Waals surface area (Å²) in [5.41, 5.74) is 3.31. The molecular formula is C22H18ClN3O2S2. The van der Waals surface area contributed by atoms with E-state index in [1.54, 1.807) is 18.2 Å². The Labute approximate surface area is 186 Å². The van der Waals surface area contributed by atoms with Crippen LogP contribution in [0.1, 0.15) is 10.4 Å². The summed E-state index contributed by atoms with van der Waals surface area (Å²) < 4.78 is 0. The number of hydrogen-bond acceptors (Lipinski definition) is 5. The van der Waals surface area contributed by atoms with Crippen molar-refractivity contribution in [3.63, 3.8) is 0 Å². The molecule has 2 heterocycles. The summed E-state index contributed by atoms with van der Waals surface area (Å²) >= 11 is 8.63. The lowest BCUT2D eigenvalue weighted by Gasteiger charge is -2.08. The molecule has 30 heavy (non-hydrogen) atoms. The molecule has 8 heteroatoms. The highest BCUT2D eigenvalue weighted by Crippen LogP contribution is 2.35. The molecule has 0 aliphatic rings. The van der Waals surface area contributed by atoms with Crippen LogP contribution in [0.2, 0.25) is 5.02 Å². The van der Waals surface area contributed by atoms with E-state index in [-0.39, 0.29) is 17.2 Å². The normalized spacial score (nSPS) is 11.0. The van der Waals surface area contributed by atoms with E-state index in [2.05, 4.69) is 15.3 Å². The number of rotatable bonds is 5.